The molecule has 0 amide bonds. The minimum Gasteiger partial charge on any atom is -0.457 e. The molecule has 0 fully saturated rings. The molecule has 0 saturated heterocycles. The number of fused-ring (bicyclic) bond motifs is 3. The third kappa shape index (κ3) is 4.17. The van der Waals surface area contributed by atoms with Crippen LogP contribution < -0.4 is 4.74 Å². The van der Waals surface area contributed by atoms with Crippen LogP contribution in [0.4, 0.5) is 0 Å². The first kappa shape index (κ1) is 23.1. The molecule has 5 nitrogen and oxygen atoms in total. The van der Waals surface area contributed by atoms with E-state index in [4.69, 9.17) is 9.72 Å². The standard InChI is InChI=1S/C29H24N4O.Pt/c1-19-11-14-29(30-18-19)32-27-10-5-4-9-25(27)26-13-12-24(17-28(26)32)34-23-8-6-7-22(16-23)33-21(3)15-20(2)31-33;/h4-18H,1-3H3;. The maximum atomic E-state index is 6.33. The quantitative estimate of drug-likeness (QED) is 0.207. The first-order valence-corrected chi connectivity index (χ1v) is 11.3. The van der Waals surface area contributed by atoms with Crippen LogP contribution in [0, 0.1) is 20.8 Å². The number of rotatable bonds is 4. The number of ether oxygens (including phenoxy) is 1. The van der Waals surface area contributed by atoms with E-state index < -0.39 is 0 Å². The molecule has 6 rings (SSSR count). The zero-order chi connectivity index (χ0) is 23.2. The molecule has 6 aromatic rings. The van der Waals surface area contributed by atoms with Gasteiger partial charge in [0.25, 0.3) is 0 Å². The fourth-order valence-corrected chi connectivity index (χ4v) is 4.56. The summed E-state index contributed by atoms with van der Waals surface area (Å²) >= 11 is 0. The second-order valence-corrected chi connectivity index (χ2v) is 8.66. The van der Waals surface area contributed by atoms with Crippen LogP contribution in [-0.2, 0) is 21.1 Å². The van der Waals surface area contributed by atoms with Crippen molar-refractivity contribution in [2.45, 2.75) is 20.8 Å². The molecule has 0 unspecified atom stereocenters. The Hall–Kier alpha value is -3.69. The maximum Gasteiger partial charge on any atom is 0.137 e. The number of benzene rings is 3. The van der Waals surface area contributed by atoms with E-state index in [1.54, 1.807) is 0 Å². The molecule has 3 aromatic carbocycles. The molecule has 6 heteroatoms. The Morgan fingerprint density at radius 1 is 0.714 bits per heavy atom. The van der Waals surface area contributed by atoms with Crippen molar-refractivity contribution in [2.75, 3.05) is 0 Å². The van der Waals surface area contributed by atoms with Gasteiger partial charge < -0.3 is 4.74 Å². The summed E-state index contributed by atoms with van der Waals surface area (Å²) in [6.07, 6.45) is 1.90. The van der Waals surface area contributed by atoms with Crippen molar-refractivity contribution in [3.63, 3.8) is 0 Å². The molecule has 0 atom stereocenters. The minimum atomic E-state index is 0. The molecule has 0 N–H and O–H groups in total. The van der Waals surface area contributed by atoms with Crippen LogP contribution in [0.2, 0.25) is 0 Å². The van der Waals surface area contributed by atoms with Crippen molar-refractivity contribution < 1.29 is 25.8 Å². The first-order valence-electron chi connectivity index (χ1n) is 11.3. The molecule has 0 aliphatic carbocycles. The fourth-order valence-electron chi connectivity index (χ4n) is 4.56. The molecule has 3 aromatic heterocycles. The Bertz CT molecular complexity index is 1660. The van der Waals surface area contributed by atoms with E-state index in [9.17, 15) is 0 Å². The van der Waals surface area contributed by atoms with Gasteiger partial charge in [-0.3, -0.25) is 4.57 Å². The number of para-hydroxylation sites is 1. The summed E-state index contributed by atoms with van der Waals surface area (Å²) in [5, 5.41) is 6.96. The Morgan fingerprint density at radius 2 is 1.51 bits per heavy atom. The van der Waals surface area contributed by atoms with Gasteiger partial charge in [0.15, 0.2) is 0 Å². The molecular formula is C29H24N4OPt. The number of hydrogen-bond donors (Lipinski definition) is 0. The predicted octanol–water partition coefficient (Wildman–Crippen LogP) is 7.08. The van der Waals surface area contributed by atoms with Crippen LogP contribution in [0.3, 0.4) is 0 Å². The van der Waals surface area contributed by atoms with Crippen LogP contribution in [-0.4, -0.2) is 19.3 Å². The Balaban J connectivity index is 0.00000253. The van der Waals surface area contributed by atoms with Gasteiger partial charge in [0, 0.05) is 55.9 Å². The summed E-state index contributed by atoms with van der Waals surface area (Å²) in [7, 11) is 0. The number of aromatic nitrogens is 4. The molecule has 35 heavy (non-hydrogen) atoms. The van der Waals surface area contributed by atoms with Crippen molar-refractivity contribution in [1.82, 2.24) is 19.3 Å². The summed E-state index contributed by atoms with van der Waals surface area (Å²) in [6, 6.07) is 28.9. The van der Waals surface area contributed by atoms with Crippen LogP contribution >= 0.6 is 0 Å². The molecule has 0 spiro atoms. The molecule has 0 saturated carbocycles. The summed E-state index contributed by atoms with van der Waals surface area (Å²) < 4.78 is 10.5. The Morgan fingerprint density at radius 3 is 2.29 bits per heavy atom. The predicted molar refractivity (Wildman–Crippen MR) is 136 cm³/mol. The molecule has 3 heterocycles. The third-order valence-corrected chi connectivity index (χ3v) is 6.08. The van der Waals surface area contributed by atoms with Crippen LogP contribution in [0.1, 0.15) is 17.0 Å². The number of hydrogen-bond acceptors (Lipinski definition) is 3. The summed E-state index contributed by atoms with van der Waals surface area (Å²) in [5.74, 6) is 2.43. The van der Waals surface area contributed by atoms with Crippen LogP contribution in [0.5, 0.6) is 11.5 Å². The van der Waals surface area contributed by atoms with Crippen molar-refractivity contribution in [3.8, 4) is 23.0 Å². The number of pyridine rings is 1. The SMILES string of the molecule is Cc1ccc(-n2c3ccccc3c3ccc(Oc4cccc(-n5nc(C)cc5C)c4)cc32)nc1.[Pt]. The second-order valence-electron chi connectivity index (χ2n) is 8.66. The van der Waals surface area contributed by atoms with E-state index in [1.165, 1.54) is 10.8 Å². The summed E-state index contributed by atoms with van der Waals surface area (Å²) in [6.45, 7) is 6.11. The summed E-state index contributed by atoms with van der Waals surface area (Å²) in [5.41, 5.74) is 6.37. The van der Waals surface area contributed by atoms with E-state index in [1.807, 2.05) is 48.1 Å². The largest absolute Gasteiger partial charge is 0.457 e. The molecular weight excluding hydrogens is 615 g/mol. The number of aryl methyl sites for hydroxylation is 3. The normalized spacial score (nSPS) is 11.1. The molecule has 0 bridgehead atoms. The van der Waals surface area contributed by atoms with E-state index >= 15 is 0 Å². The van der Waals surface area contributed by atoms with Crippen molar-refractivity contribution in [1.29, 1.82) is 0 Å². The summed E-state index contributed by atoms with van der Waals surface area (Å²) in [4.78, 5) is 4.70. The van der Waals surface area contributed by atoms with Gasteiger partial charge in [0.2, 0.25) is 0 Å². The van der Waals surface area contributed by atoms with Gasteiger partial charge in [-0.15, -0.1) is 0 Å². The maximum absolute atomic E-state index is 6.33. The van der Waals surface area contributed by atoms with Gasteiger partial charge >= 0.3 is 0 Å². The van der Waals surface area contributed by atoms with E-state index in [-0.39, 0.29) is 21.1 Å². The molecule has 0 aliphatic rings. The Kier molecular flexibility index (Phi) is 6.04. The fraction of sp³-hybridized carbons (Fsp3) is 0.103. The van der Waals surface area contributed by atoms with E-state index in [2.05, 4.69) is 78.1 Å². The zero-order valence-electron chi connectivity index (χ0n) is 19.7. The number of nitrogens with zero attached hydrogens (tertiary/aromatic N) is 4. The molecule has 0 radical (unpaired) electrons. The van der Waals surface area contributed by atoms with Gasteiger partial charge in [-0.2, -0.15) is 5.10 Å². The monoisotopic (exact) mass is 639 g/mol. The second kappa shape index (κ2) is 9.16. The van der Waals surface area contributed by atoms with E-state index in [0.29, 0.717) is 0 Å². The average molecular weight is 640 g/mol. The molecule has 0 aliphatic heterocycles. The average Bonchev–Trinajstić information content (AvgIpc) is 3.35. The first-order chi connectivity index (χ1) is 16.6. The third-order valence-electron chi connectivity index (χ3n) is 6.08. The van der Waals surface area contributed by atoms with Gasteiger partial charge in [0.05, 0.1) is 22.4 Å². The van der Waals surface area contributed by atoms with Crippen molar-refractivity contribution in [2.24, 2.45) is 0 Å². The van der Waals surface area contributed by atoms with E-state index in [0.717, 1.165) is 51.0 Å². The van der Waals surface area contributed by atoms with Gasteiger partial charge in [-0.05, 0) is 68.8 Å². The smallest absolute Gasteiger partial charge is 0.137 e. The van der Waals surface area contributed by atoms with Crippen molar-refractivity contribution in [3.05, 3.63) is 108 Å². The topological polar surface area (TPSA) is 44.9 Å². The van der Waals surface area contributed by atoms with Gasteiger partial charge in [-0.1, -0.05) is 30.3 Å². The van der Waals surface area contributed by atoms with Crippen molar-refractivity contribution >= 4 is 21.8 Å². The molecule has 176 valence electrons. The Labute approximate surface area is 218 Å². The zero-order valence-corrected chi connectivity index (χ0v) is 21.9. The van der Waals surface area contributed by atoms with Gasteiger partial charge in [0.1, 0.15) is 17.3 Å². The van der Waals surface area contributed by atoms with Crippen LogP contribution in [0.15, 0.2) is 91.1 Å². The van der Waals surface area contributed by atoms with Crippen LogP contribution in [0.25, 0.3) is 33.3 Å². The minimum absolute atomic E-state index is 0. The van der Waals surface area contributed by atoms with Gasteiger partial charge in [-0.25, -0.2) is 9.67 Å².